The van der Waals surface area contributed by atoms with Crippen LogP contribution in [0.1, 0.15) is 43.2 Å². The molecule has 2 aliphatic heterocycles. The summed E-state index contributed by atoms with van der Waals surface area (Å²) >= 11 is 6.39. The van der Waals surface area contributed by atoms with E-state index in [1.165, 1.54) is 5.56 Å². The molecule has 1 amide bonds. The number of aromatic nitrogens is 1. The number of likely N-dealkylation sites (tertiary alicyclic amines) is 1. The minimum Gasteiger partial charge on any atom is -0.444 e. The van der Waals surface area contributed by atoms with E-state index in [1.54, 1.807) is 4.90 Å². The van der Waals surface area contributed by atoms with Crippen molar-refractivity contribution in [3.8, 4) is 6.07 Å². The summed E-state index contributed by atoms with van der Waals surface area (Å²) in [5.74, 6) is 0. The third kappa shape index (κ3) is 4.98. The number of fused-ring (bicyclic) bond motifs is 1. The predicted octanol–water partition coefficient (Wildman–Crippen LogP) is 4.20. The van der Waals surface area contributed by atoms with E-state index in [-0.39, 0.29) is 17.3 Å². The largest absolute Gasteiger partial charge is 0.444 e. The quantitative estimate of drug-likeness (QED) is 0.699. The summed E-state index contributed by atoms with van der Waals surface area (Å²) in [5, 5.41) is 13.4. The van der Waals surface area contributed by atoms with E-state index < -0.39 is 5.60 Å². The van der Waals surface area contributed by atoms with Gasteiger partial charge < -0.3 is 15.0 Å². The molecule has 0 spiro atoms. The molecule has 0 saturated carbocycles. The van der Waals surface area contributed by atoms with Crippen LogP contribution in [0.4, 0.5) is 10.5 Å². The van der Waals surface area contributed by atoms with Gasteiger partial charge in [0.15, 0.2) is 0 Å². The molecule has 2 aliphatic rings. The van der Waals surface area contributed by atoms with Crippen molar-refractivity contribution < 1.29 is 9.53 Å². The number of ether oxygens (including phenoxy) is 1. The Morgan fingerprint density at radius 3 is 2.69 bits per heavy atom. The Morgan fingerprint density at radius 1 is 1.31 bits per heavy atom. The van der Waals surface area contributed by atoms with Crippen LogP contribution in [0.2, 0.25) is 5.15 Å². The molecule has 0 atom stereocenters. The first-order valence-electron chi connectivity index (χ1n) is 10.9. The Hall–Kier alpha value is -2.82. The fourth-order valence-corrected chi connectivity index (χ4v) is 4.33. The molecule has 0 radical (unpaired) electrons. The molecule has 1 aromatic carbocycles. The van der Waals surface area contributed by atoms with Crippen molar-refractivity contribution in [3.05, 3.63) is 57.9 Å². The van der Waals surface area contributed by atoms with Gasteiger partial charge in [0.25, 0.3) is 0 Å². The second kappa shape index (κ2) is 8.97. The number of carbonyl (C=O) groups excluding carboxylic acids is 1. The molecule has 8 heteroatoms. The van der Waals surface area contributed by atoms with Crippen LogP contribution in [0.25, 0.3) is 0 Å². The molecule has 1 saturated heterocycles. The SMILES string of the molecule is CC(C)(C)OC(=O)N1CC(Nc2c(C#N)c(Cl)nc3c2CCN(Cc2ccccc2)C3)C1. The predicted molar refractivity (Wildman–Crippen MR) is 123 cm³/mol. The van der Waals surface area contributed by atoms with Crippen molar-refractivity contribution in [2.45, 2.75) is 51.9 Å². The first kappa shape index (κ1) is 22.4. The van der Waals surface area contributed by atoms with Gasteiger partial charge >= 0.3 is 6.09 Å². The average molecular weight is 454 g/mol. The summed E-state index contributed by atoms with van der Waals surface area (Å²) < 4.78 is 5.43. The molecular formula is C24H28ClN5O2. The number of nitrogens with one attached hydrogen (secondary N) is 1. The lowest BCUT2D eigenvalue weighted by Crippen LogP contribution is -2.58. The highest BCUT2D eigenvalue weighted by molar-refractivity contribution is 6.31. The number of amides is 1. The minimum atomic E-state index is -0.521. The van der Waals surface area contributed by atoms with Gasteiger partial charge in [-0.25, -0.2) is 9.78 Å². The molecule has 2 aromatic rings. The summed E-state index contributed by atoms with van der Waals surface area (Å²) in [6.07, 6.45) is 0.466. The number of pyridine rings is 1. The maximum Gasteiger partial charge on any atom is 0.410 e. The van der Waals surface area contributed by atoms with Crippen molar-refractivity contribution in [1.82, 2.24) is 14.8 Å². The highest BCUT2D eigenvalue weighted by Gasteiger charge is 2.35. The molecule has 0 aliphatic carbocycles. The summed E-state index contributed by atoms with van der Waals surface area (Å²) in [6.45, 7) is 9.00. The molecule has 1 aromatic heterocycles. The maximum atomic E-state index is 12.2. The van der Waals surface area contributed by atoms with Crippen molar-refractivity contribution in [2.75, 3.05) is 25.0 Å². The topological polar surface area (TPSA) is 81.5 Å². The van der Waals surface area contributed by atoms with Crippen molar-refractivity contribution in [3.63, 3.8) is 0 Å². The van der Waals surface area contributed by atoms with E-state index in [9.17, 15) is 10.1 Å². The summed E-state index contributed by atoms with van der Waals surface area (Å²) in [6, 6.07) is 12.6. The van der Waals surface area contributed by atoms with Gasteiger partial charge in [0.1, 0.15) is 22.4 Å². The fourth-order valence-electron chi connectivity index (χ4n) is 4.09. The average Bonchev–Trinajstić information content (AvgIpc) is 2.69. The smallest absolute Gasteiger partial charge is 0.410 e. The molecule has 1 N–H and O–H groups in total. The first-order chi connectivity index (χ1) is 15.2. The fraction of sp³-hybridized carbons (Fsp3) is 0.458. The molecule has 0 unspecified atom stereocenters. The molecule has 1 fully saturated rings. The number of halogens is 1. The van der Waals surface area contributed by atoms with E-state index in [0.717, 1.165) is 36.5 Å². The van der Waals surface area contributed by atoms with Crippen LogP contribution in [0.15, 0.2) is 30.3 Å². The van der Waals surface area contributed by atoms with Gasteiger partial charge in [-0.1, -0.05) is 41.9 Å². The summed E-state index contributed by atoms with van der Waals surface area (Å²) in [4.78, 5) is 20.8. The number of benzene rings is 1. The van der Waals surface area contributed by atoms with Crippen LogP contribution in [-0.2, 0) is 24.2 Å². The zero-order valence-electron chi connectivity index (χ0n) is 18.7. The maximum absolute atomic E-state index is 12.2. The number of nitrogens with zero attached hydrogens (tertiary/aromatic N) is 4. The molecular weight excluding hydrogens is 426 g/mol. The Bertz CT molecular complexity index is 1040. The van der Waals surface area contributed by atoms with E-state index in [0.29, 0.717) is 25.2 Å². The van der Waals surface area contributed by atoms with Crippen molar-refractivity contribution in [1.29, 1.82) is 5.26 Å². The number of rotatable bonds is 4. The third-order valence-corrected chi connectivity index (χ3v) is 5.91. The van der Waals surface area contributed by atoms with Crippen LogP contribution < -0.4 is 5.32 Å². The van der Waals surface area contributed by atoms with Crippen molar-refractivity contribution in [2.24, 2.45) is 0 Å². The van der Waals surface area contributed by atoms with Gasteiger partial charge in [-0.15, -0.1) is 0 Å². The number of nitriles is 1. The Morgan fingerprint density at radius 2 is 2.03 bits per heavy atom. The lowest BCUT2D eigenvalue weighted by Gasteiger charge is -2.41. The number of anilines is 1. The van der Waals surface area contributed by atoms with Crippen LogP contribution >= 0.6 is 11.6 Å². The minimum absolute atomic E-state index is 0.0412. The van der Waals surface area contributed by atoms with Crippen LogP contribution in [0, 0.1) is 11.3 Å². The van der Waals surface area contributed by atoms with E-state index in [4.69, 9.17) is 16.3 Å². The number of hydrogen-bond acceptors (Lipinski definition) is 6. The lowest BCUT2D eigenvalue weighted by atomic mass is 9.98. The molecule has 0 bridgehead atoms. The highest BCUT2D eigenvalue weighted by Crippen LogP contribution is 2.34. The van der Waals surface area contributed by atoms with Crippen LogP contribution in [-0.4, -0.2) is 52.2 Å². The third-order valence-electron chi connectivity index (χ3n) is 5.63. The Labute approximate surface area is 193 Å². The summed E-state index contributed by atoms with van der Waals surface area (Å²) in [5.41, 5.74) is 3.82. The van der Waals surface area contributed by atoms with Crippen LogP contribution in [0.3, 0.4) is 0 Å². The van der Waals surface area contributed by atoms with Gasteiger partial charge in [0.05, 0.1) is 17.4 Å². The van der Waals surface area contributed by atoms with Crippen LogP contribution in [0.5, 0.6) is 0 Å². The zero-order valence-corrected chi connectivity index (χ0v) is 19.4. The van der Waals surface area contributed by atoms with E-state index in [2.05, 4.69) is 33.4 Å². The van der Waals surface area contributed by atoms with Gasteiger partial charge in [0, 0.05) is 38.3 Å². The number of carbonyl (C=O) groups is 1. The highest BCUT2D eigenvalue weighted by atomic mass is 35.5. The van der Waals surface area contributed by atoms with Crippen molar-refractivity contribution >= 4 is 23.4 Å². The second-order valence-corrected chi connectivity index (χ2v) is 9.72. The lowest BCUT2D eigenvalue weighted by molar-refractivity contribution is 0.0105. The summed E-state index contributed by atoms with van der Waals surface area (Å²) in [7, 11) is 0. The second-order valence-electron chi connectivity index (χ2n) is 9.36. The molecule has 3 heterocycles. The van der Waals surface area contributed by atoms with Gasteiger partial charge in [-0.3, -0.25) is 4.90 Å². The Balaban J connectivity index is 1.47. The molecule has 7 nitrogen and oxygen atoms in total. The van der Waals surface area contributed by atoms with Gasteiger partial charge in [-0.05, 0) is 32.8 Å². The normalized spacial score (nSPS) is 16.7. The molecule has 4 rings (SSSR count). The Kier molecular flexibility index (Phi) is 6.27. The standard InChI is InChI=1S/C24H28ClN5O2/c1-24(2,3)32-23(31)30-13-17(14-30)27-21-18-9-10-29(12-16-7-5-4-6-8-16)15-20(18)28-22(25)19(21)11-26/h4-8,17H,9-10,12-15H2,1-3H3,(H,27,28). The first-order valence-corrected chi connectivity index (χ1v) is 11.2. The zero-order chi connectivity index (χ0) is 22.9. The van der Waals surface area contributed by atoms with Gasteiger partial charge in [-0.2, -0.15) is 5.26 Å². The van der Waals surface area contributed by atoms with E-state index >= 15 is 0 Å². The van der Waals surface area contributed by atoms with E-state index in [1.807, 2.05) is 39.0 Å². The van der Waals surface area contributed by atoms with Gasteiger partial charge in [0.2, 0.25) is 0 Å². The molecule has 32 heavy (non-hydrogen) atoms. The monoisotopic (exact) mass is 453 g/mol. The number of hydrogen-bond donors (Lipinski definition) is 1. The molecule has 168 valence electrons.